The van der Waals surface area contributed by atoms with E-state index < -0.39 is 0 Å². The van der Waals surface area contributed by atoms with Gasteiger partial charge in [-0.1, -0.05) is 0 Å². The van der Waals surface area contributed by atoms with Crippen LogP contribution in [0.5, 0.6) is 0 Å². The number of anilines is 2. The lowest BCUT2D eigenvalue weighted by molar-refractivity contribution is -0.120. The van der Waals surface area contributed by atoms with Crippen molar-refractivity contribution in [3.63, 3.8) is 0 Å². The van der Waals surface area contributed by atoms with Gasteiger partial charge in [0.05, 0.1) is 17.4 Å². The summed E-state index contributed by atoms with van der Waals surface area (Å²) in [6.45, 7) is 1.03. The van der Waals surface area contributed by atoms with Crippen LogP contribution in [0.1, 0.15) is 39.3 Å². The molecule has 4 heterocycles. The fraction of sp³-hybridized carbons (Fsp3) is 0.261. The predicted molar refractivity (Wildman–Crippen MR) is 115 cm³/mol. The minimum atomic E-state index is -0.381. The summed E-state index contributed by atoms with van der Waals surface area (Å²) in [5.74, 6) is -0.0852. The number of nitrogens with one attached hydrogen (secondary N) is 1. The number of rotatable bonds is 4. The van der Waals surface area contributed by atoms with Crippen molar-refractivity contribution in [2.45, 2.75) is 12.8 Å². The van der Waals surface area contributed by atoms with E-state index in [0.717, 1.165) is 4.90 Å². The Hall–Kier alpha value is -4.39. The maximum atomic E-state index is 12.8. The average molecular weight is 445 g/mol. The smallest absolute Gasteiger partial charge is 0.266 e. The third kappa shape index (κ3) is 3.53. The topological polar surface area (TPSA) is 133 Å². The molecule has 2 aromatic heterocycles. The van der Waals surface area contributed by atoms with Crippen LogP contribution in [-0.2, 0) is 4.79 Å². The van der Waals surface area contributed by atoms with Gasteiger partial charge in [-0.05, 0) is 43.2 Å². The second-order valence-electron chi connectivity index (χ2n) is 7.94. The molecule has 2 aliphatic heterocycles. The van der Waals surface area contributed by atoms with Gasteiger partial charge in [0, 0.05) is 31.7 Å². The Bertz CT molecular complexity index is 1300. The fourth-order valence-corrected chi connectivity index (χ4v) is 4.13. The maximum Gasteiger partial charge on any atom is 0.266 e. The van der Waals surface area contributed by atoms with Crippen molar-refractivity contribution in [3.8, 4) is 17.7 Å². The molecule has 3 amide bonds. The zero-order chi connectivity index (χ0) is 23.1. The Labute approximate surface area is 188 Å². The van der Waals surface area contributed by atoms with Gasteiger partial charge in [-0.25, -0.2) is 0 Å². The average Bonchev–Trinajstić information content (AvgIpc) is 3.56. The standard InChI is InChI=1S/C23H19N5O5/c1-27-21(30)15-5-4-14(11-16(15)22(27)31)25-19(29)13-6-8-28(9-7-13)23-17(12-24)26-20(33-23)18-3-2-10-32-18/h2-5,10-11,13H,6-9H2,1H3,(H,25,29). The number of oxazole rings is 1. The second kappa shape index (κ2) is 7.94. The van der Waals surface area contributed by atoms with Crippen LogP contribution in [0.2, 0.25) is 0 Å². The minimum Gasteiger partial charge on any atom is -0.459 e. The summed E-state index contributed by atoms with van der Waals surface area (Å²) in [6, 6.07) is 10.2. The largest absolute Gasteiger partial charge is 0.459 e. The first-order chi connectivity index (χ1) is 16.0. The summed E-state index contributed by atoms with van der Waals surface area (Å²) in [7, 11) is 1.43. The van der Waals surface area contributed by atoms with Gasteiger partial charge in [-0.2, -0.15) is 10.2 Å². The summed E-state index contributed by atoms with van der Waals surface area (Å²) >= 11 is 0. The lowest BCUT2D eigenvalue weighted by Crippen LogP contribution is -2.38. The van der Waals surface area contributed by atoms with Crippen LogP contribution >= 0.6 is 0 Å². The summed E-state index contributed by atoms with van der Waals surface area (Å²) in [5.41, 5.74) is 1.27. The first kappa shape index (κ1) is 20.5. The molecule has 1 aromatic carbocycles. The van der Waals surface area contributed by atoms with E-state index in [-0.39, 0.29) is 40.8 Å². The molecule has 1 saturated heterocycles. The summed E-state index contributed by atoms with van der Waals surface area (Å²) in [4.78, 5) is 44.2. The quantitative estimate of drug-likeness (QED) is 0.606. The molecule has 166 valence electrons. The number of imide groups is 1. The number of piperidine rings is 1. The van der Waals surface area contributed by atoms with E-state index >= 15 is 0 Å². The Morgan fingerprint density at radius 3 is 2.64 bits per heavy atom. The van der Waals surface area contributed by atoms with Gasteiger partial charge in [0.15, 0.2) is 5.76 Å². The molecule has 2 aliphatic rings. The van der Waals surface area contributed by atoms with E-state index in [1.54, 1.807) is 24.3 Å². The number of carbonyl (C=O) groups excluding carboxylic acids is 3. The van der Waals surface area contributed by atoms with Gasteiger partial charge in [0.1, 0.15) is 6.07 Å². The van der Waals surface area contributed by atoms with Gasteiger partial charge in [-0.3, -0.25) is 19.3 Å². The molecule has 10 heteroatoms. The van der Waals surface area contributed by atoms with E-state index in [4.69, 9.17) is 8.83 Å². The lowest BCUT2D eigenvalue weighted by atomic mass is 9.95. The number of nitrogens with zero attached hydrogens (tertiary/aromatic N) is 4. The van der Waals surface area contributed by atoms with Crippen LogP contribution in [0.15, 0.2) is 45.4 Å². The number of aromatic nitrogens is 1. The molecule has 0 atom stereocenters. The Morgan fingerprint density at radius 2 is 1.94 bits per heavy atom. The highest BCUT2D eigenvalue weighted by atomic mass is 16.4. The van der Waals surface area contributed by atoms with Crippen molar-refractivity contribution in [1.29, 1.82) is 5.26 Å². The highest BCUT2D eigenvalue weighted by Crippen LogP contribution is 2.32. The molecule has 0 spiro atoms. The van der Waals surface area contributed by atoms with Gasteiger partial charge in [0.2, 0.25) is 17.5 Å². The van der Waals surface area contributed by atoms with Crippen LogP contribution in [0.4, 0.5) is 11.6 Å². The molecule has 1 fully saturated rings. The number of nitriles is 1. The molecule has 3 aromatic rings. The van der Waals surface area contributed by atoms with Gasteiger partial charge in [-0.15, -0.1) is 0 Å². The maximum absolute atomic E-state index is 12.8. The molecule has 1 N–H and O–H groups in total. The number of fused-ring (bicyclic) bond motifs is 1. The van der Waals surface area contributed by atoms with Crippen LogP contribution < -0.4 is 10.2 Å². The molecule has 0 radical (unpaired) electrons. The minimum absolute atomic E-state index is 0.158. The second-order valence-corrected chi connectivity index (χ2v) is 7.94. The number of carbonyl (C=O) groups is 3. The molecule has 33 heavy (non-hydrogen) atoms. The Balaban J connectivity index is 1.24. The fourth-order valence-electron chi connectivity index (χ4n) is 4.13. The summed E-state index contributed by atoms with van der Waals surface area (Å²) < 4.78 is 11.1. The van der Waals surface area contributed by atoms with Crippen LogP contribution in [-0.4, -0.2) is 47.7 Å². The number of furan rings is 1. The van der Waals surface area contributed by atoms with Gasteiger partial charge in [0.25, 0.3) is 17.7 Å². The summed E-state index contributed by atoms with van der Waals surface area (Å²) in [5, 5.41) is 12.3. The predicted octanol–water partition coefficient (Wildman–Crippen LogP) is 2.89. The molecular weight excluding hydrogens is 426 g/mol. The van der Waals surface area contributed by atoms with Crippen molar-refractivity contribution in [1.82, 2.24) is 9.88 Å². The highest BCUT2D eigenvalue weighted by Gasteiger charge is 2.33. The van der Waals surface area contributed by atoms with E-state index in [2.05, 4.69) is 10.3 Å². The lowest BCUT2D eigenvalue weighted by Gasteiger charge is -2.31. The van der Waals surface area contributed by atoms with Crippen molar-refractivity contribution in [2.24, 2.45) is 5.92 Å². The molecule has 0 aliphatic carbocycles. The zero-order valence-electron chi connectivity index (χ0n) is 17.7. The first-order valence-corrected chi connectivity index (χ1v) is 10.4. The van der Waals surface area contributed by atoms with Gasteiger partial charge < -0.3 is 19.1 Å². The molecule has 0 saturated carbocycles. The van der Waals surface area contributed by atoms with Gasteiger partial charge >= 0.3 is 0 Å². The monoisotopic (exact) mass is 445 g/mol. The van der Waals surface area contributed by atoms with Crippen molar-refractivity contribution < 1.29 is 23.2 Å². The van der Waals surface area contributed by atoms with Crippen LogP contribution in [0, 0.1) is 17.2 Å². The molecule has 0 bridgehead atoms. The van der Waals surface area contributed by atoms with Crippen molar-refractivity contribution >= 4 is 29.3 Å². The van der Waals surface area contributed by atoms with Crippen molar-refractivity contribution in [3.05, 3.63) is 53.4 Å². The first-order valence-electron chi connectivity index (χ1n) is 10.4. The van der Waals surface area contributed by atoms with Crippen molar-refractivity contribution in [2.75, 3.05) is 30.4 Å². The molecule has 0 unspecified atom stereocenters. The number of hydrogen-bond donors (Lipinski definition) is 1. The van der Waals surface area contributed by atoms with E-state index in [1.165, 1.54) is 19.4 Å². The van der Waals surface area contributed by atoms with Crippen LogP contribution in [0.3, 0.4) is 0 Å². The van der Waals surface area contributed by atoms with E-state index in [9.17, 15) is 19.6 Å². The Kier molecular flexibility index (Phi) is 4.94. The number of amides is 3. The van der Waals surface area contributed by atoms with E-state index in [0.29, 0.717) is 48.8 Å². The SMILES string of the molecule is CN1C(=O)c2ccc(NC(=O)C3CCN(c4oc(-c5ccco5)nc4C#N)CC3)cc2C1=O. The Morgan fingerprint density at radius 1 is 1.18 bits per heavy atom. The molecule has 5 rings (SSSR count). The van der Waals surface area contributed by atoms with E-state index in [1.807, 2.05) is 11.0 Å². The summed E-state index contributed by atoms with van der Waals surface area (Å²) in [6.07, 6.45) is 2.61. The number of benzene rings is 1. The van der Waals surface area contributed by atoms with Crippen LogP contribution in [0.25, 0.3) is 11.7 Å². The third-order valence-electron chi connectivity index (χ3n) is 5.96. The molecule has 10 nitrogen and oxygen atoms in total. The highest BCUT2D eigenvalue weighted by molar-refractivity contribution is 6.21. The number of hydrogen-bond acceptors (Lipinski definition) is 8. The molecular formula is C23H19N5O5. The normalized spacial score (nSPS) is 16.1. The zero-order valence-corrected chi connectivity index (χ0v) is 17.7. The third-order valence-corrected chi connectivity index (χ3v) is 5.96.